The molecule has 9 nitrogen and oxygen atoms in total. The number of quaternary nitrogens is 1. The van der Waals surface area contributed by atoms with E-state index in [0.29, 0.717) is 11.4 Å². The minimum atomic E-state index is -1.26. The molecular weight excluding hydrogens is 292 g/mol. The number of non-ortho nitro benzene ring substituents is 1. The molecule has 0 saturated carbocycles. The van der Waals surface area contributed by atoms with Gasteiger partial charge >= 0.3 is 0 Å². The van der Waals surface area contributed by atoms with Crippen LogP contribution in [0.1, 0.15) is 23.0 Å². The molecule has 0 unspecified atom stereocenters. The Morgan fingerprint density at radius 1 is 1.45 bits per heavy atom. The summed E-state index contributed by atoms with van der Waals surface area (Å²) in [5.74, 6) is -1.66. The van der Waals surface area contributed by atoms with Gasteiger partial charge in [-0.2, -0.15) is 0 Å². The Morgan fingerprint density at radius 2 is 2.23 bits per heavy atom. The number of rotatable bonds is 3. The SMILES string of the molecule is O=C([O-])[C@H]1Cc2[nH]cnc2[C@@H](c2cc([N+](=O)[O-])ccc2[O-])[NH2+]1. The molecule has 22 heavy (non-hydrogen) atoms. The zero-order valence-electron chi connectivity index (χ0n) is 11.2. The Hall–Kier alpha value is -2.94. The summed E-state index contributed by atoms with van der Waals surface area (Å²) in [6, 6.07) is 1.79. The maximum absolute atomic E-state index is 12.1. The molecule has 3 rings (SSSR count). The highest BCUT2D eigenvalue weighted by molar-refractivity contribution is 5.70. The number of nitro groups is 1. The van der Waals surface area contributed by atoms with Gasteiger partial charge in [0.2, 0.25) is 0 Å². The van der Waals surface area contributed by atoms with E-state index in [2.05, 4.69) is 9.97 Å². The zero-order valence-corrected chi connectivity index (χ0v) is 11.2. The Morgan fingerprint density at radius 3 is 2.91 bits per heavy atom. The summed E-state index contributed by atoms with van der Waals surface area (Å²) in [5, 5.41) is 35.5. The first kappa shape index (κ1) is 14.0. The minimum Gasteiger partial charge on any atom is -0.872 e. The van der Waals surface area contributed by atoms with Crippen molar-refractivity contribution in [3.05, 3.63) is 51.6 Å². The Balaban J connectivity index is 2.09. The first-order chi connectivity index (χ1) is 10.5. The molecule has 2 atom stereocenters. The monoisotopic (exact) mass is 303 g/mol. The van der Waals surface area contributed by atoms with Crippen molar-refractivity contribution in [1.82, 2.24) is 9.97 Å². The van der Waals surface area contributed by atoms with Crippen molar-refractivity contribution in [3.63, 3.8) is 0 Å². The fraction of sp³-hybridized carbons (Fsp3) is 0.231. The topological polar surface area (TPSA) is 152 Å². The van der Waals surface area contributed by atoms with Crippen molar-refractivity contribution in [2.45, 2.75) is 18.5 Å². The third-order valence-corrected chi connectivity index (χ3v) is 3.74. The molecule has 9 heteroatoms. The number of nitrogens with zero attached hydrogens (tertiary/aromatic N) is 2. The average Bonchev–Trinajstić information content (AvgIpc) is 2.94. The minimum absolute atomic E-state index is 0.133. The largest absolute Gasteiger partial charge is 0.872 e. The fourth-order valence-corrected chi connectivity index (χ4v) is 2.68. The predicted molar refractivity (Wildman–Crippen MR) is 67.4 cm³/mol. The van der Waals surface area contributed by atoms with Crippen LogP contribution in [0.25, 0.3) is 0 Å². The van der Waals surface area contributed by atoms with Gasteiger partial charge in [0.05, 0.1) is 22.9 Å². The van der Waals surface area contributed by atoms with Crippen LogP contribution in [0, 0.1) is 10.1 Å². The lowest BCUT2D eigenvalue weighted by Crippen LogP contribution is -2.95. The van der Waals surface area contributed by atoms with Crippen molar-refractivity contribution < 1.29 is 25.2 Å². The van der Waals surface area contributed by atoms with Crippen molar-refractivity contribution in [2.24, 2.45) is 0 Å². The number of benzene rings is 1. The molecule has 0 saturated heterocycles. The number of nitrogens with one attached hydrogen (secondary N) is 1. The number of nitrogens with two attached hydrogens (primary N) is 1. The van der Waals surface area contributed by atoms with E-state index in [1.54, 1.807) is 0 Å². The molecule has 2 aromatic rings. The number of hydrogen-bond acceptors (Lipinski definition) is 6. The van der Waals surface area contributed by atoms with Crippen LogP contribution in [0.5, 0.6) is 5.75 Å². The van der Waals surface area contributed by atoms with Gasteiger partial charge in [0, 0.05) is 24.1 Å². The van der Waals surface area contributed by atoms with E-state index in [1.165, 1.54) is 17.7 Å². The van der Waals surface area contributed by atoms with Gasteiger partial charge in [-0.15, -0.1) is 0 Å². The van der Waals surface area contributed by atoms with Crippen LogP contribution in [0.4, 0.5) is 5.69 Å². The van der Waals surface area contributed by atoms with E-state index in [0.717, 1.165) is 12.1 Å². The molecule has 1 aliphatic rings. The molecule has 114 valence electrons. The number of aromatic amines is 1. The van der Waals surface area contributed by atoms with Gasteiger partial charge in [-0.3, -0.25) is 10.1 Å². The van der Waals surface area contributed by atoms with Crippen LogP contribution in [0.3, 0.4) is 0 Å². The standard InChI is InChI=1S/C13H12N4O5/c18-10-2-1-6(17(21)22)3-7(10)11-12-8(14-5-15-12)4-9(16-11)13(19)20/h1-3,5,9,11,16,18H,4H2,(H,14,15)(H,19,20)/p-1/t9-,11-/m1/s1. The number of carboxylic acids is 1. The van der Waals surface area contributed by atoms with Gasteiger partial charge in [-0.05, 0) is 0 Å². The molecule has 1 aromatic carbocycles. The van der Waals surface area contributed by atoms with Gasteiger partial charge in [0.1, 0.15) is 11.7 Å². The maximum atomic E-state index is 12.1. The normalized spacial score (nSPS) is 20.4. The summed E-state index contributed by atoms with van der Waals surface area (Å²) in [4.78, 5) is 28.4. The van der Waals surface area contributed by atoms with Crippen molar-refractivity contribution in [1.29, 1.82) is 0 Å². The summed E-state index contributed by atoms with van der Waals surface area (Å²) in [6.07, 6.45) is 1.60. The van der Waals surface area contributed by atoms with E-state index in [4.69, 9.17) is 0 Å². The second-order valence-electron chi connectivity index (χ2n) is 5.05. The molecule has 1 aromatic heterocycles. The van der Waals surface area contributed by atoms with Crippen molar-refractivity contribution in [3.8, 4) is 5.75 Å². The molecule has 0 amide bonds. The van der Waals surface area contributed by atoms with Crippen LogP contribution in [0.2, 0.25) is 0 Å². The number of aromatic nitrogens is 2. The number of H-pyrrole nitrogens is 1. The van der Waals surface area contributed by atoms with Crippen LogP contribution in [-0.2, 0) is 11.2 Å². The zero-order chi connectivity index (χ0) is 15.9. The number of aliphatic carboxylic acids is 1. The van der Waals surface area contributed by atoms with Gasteiger partial charge in [-0.1, -0.05) is 11.8 Å². The van der Waals surface area contributed by atoms with E-state index >= 15 is 0 Å². The second kappa shape index (κ2) is 5.11. The highest BCUT2D eigenvalue weighted by atomic mass is 16.6. The molecule has 0 aliphatic carbocycles. The summed E-state index contributed by atoms with van der Waals surface area (Å²) < 4.78 is 0. The van der Waals surface area contributed by atoms with Crippen LogP contribution < -0.4 is 15.5 Å². The first-order valence-electron chi connectivity index (χ1n) is 6.50. The van der Waals surface area contributed by atoms with E-state index in [1.807, 2.05) is 0 Å². The Bertz CT molecular complexity index is 757. The Labute approximate surface area is 123 Å². The van der Waals surface area contributed by atoms with E-state index in [-0.39, 0.29) is 17.7 Å². The number of hydrogen-bond donors (Lipinski definition) is 2. The highest BCUT2D eigenvalue weighted by Gasteiger charge is 2.35. The molecule has 0 bridgehead atoms. The van der Waals surface area contributed by atoms with Crippen LogP contribution >= 0.6 is 0 Å². The molecule has 2 heterocycles. The van der Waals surface area contributed by atoms with Crippen molar-refractivity contribution in [2.75, 3.05) is 0 Å². The number of nitro benzene ring substituents is 1. The van der Waals surface area contributed by atoms with Gasteiger partial charge in [-0.25, -0.2) is 4.98 Å². The molecule has 1 aliphatic heterocycles. The lowest BCUT2D eigenvalue weighted by Gasteiger charge is -2.29. The second-order valence-corrected chi connectivity index (χ2v) is 5.05. The predicted octanol–water partition coefficient (Wildman–Crippen LogP) is -2.28. The van der Waals surface area contributed by atoms with E-state index in [9.17, 15) is 25.1 Å². The maximum Gasteiger partial charge on any atom is 0.269 e. The van der Waals surface area contributed by atoms with Crippen molar-refractivity contribution >= 4 is 11.7 Å². The number of carboxylic acid groups (broad SMARTS) is 1. The molecular formula is C13H11N4O5-. The van der Waals surface area contributed by atoms with Crippen LogP contribution in [0.15, 0.2) is 24.5 Å². The first-order valence-corrected chi connectivity index (χ1v) is 6.50. The summed E-state index contributed by atoms with van der Waals surface area (Å²) >= 11 is 0. The number of carbonyl (C=O) groups excluding carboxylic acids is 1. The molecule has 0 fully saturated rings. The van der Waals surface area contributed by atoms with E-state index < -0.39 is 28.7 Å². The summed E-state index contributed by atoms with van der Waals surface area (Å²) in [7, 11) is 0. The fourth-order valence-electron chi connectivity index (χ4n) is 2.68. The smallest absolute Gasteiger partial charge is 0.269 e. The quantitative estimate of drug-likeness (QED) is 0.481. The lowest BCUT2D eigenvalue weighted by molar-refractivity contribution is -0.717. The third-order valence-electron chi connectivity index (χ3n) is 3.74. The lowest BCUT2D eigenvalue weighted by atomic mass is 9.93. The Kier molecular flexibility index (Phi) is 3.26. The average molecular weight is 303 g/mol. The van der Waals surface area contributed by atoms with Gasteiger partial charge in [0.25, 0.3) is 5.69 Å². The van der Waals surface area contributed by atoms with Gasteiger partial charge < -0.3 is 25.3 Å². The molecule has 0 spiro atoms. The summed E-state index contributed by atoms with van der Waals surface area (Å²) in [6.45, 7) is 0. The van der Waals surface area contributed by atoms with Gasteiger partial charge in [0.15, 0.2) is 6.04 Å². The summed E-state index contributed by atoms with van der Waals surface area (Å²) in [5.41, 5.74) is 1.01. The molecule has 0 radical (unpaired) electrons. The van der Waals surface area contributed by atoms with Crippen LogP contribution in [-0.4, -0.2) is 26.9 Å². The number of carbonyl (C=O) groups is 1. The third kappa shape index (κ3) is 2.27. The number of imidazole rings is 1. The number of fused-ring (bicyclic) bond motifs is 1. The highest BCUT2D eigenvalue weighted by Crippen LogP contribution is 2.30. The molecule has 3 N–H and O–H groups in total.